The van der Waals surface area contributed by atoms with Crippen LogP contribution >= 0.6 is 0 Å². The maximum absolute atomic E-state index is 11.5. The van der Waals surface area contributed by atoms with Gasteiger partial charge in [-0.3, -0.25) is 0 Å². The first-order chi connectivity index (χ1) is 9.24. The van der Waals surface area contributed by atoms with Gasteiger partial charge < -0.3 is 9.84 Å². The molecule has 2 rings (SSSR count). The molecule has 0 spiro atoms. The van der Waals surface area contributed by atoms with Gasteiger partial charge in [0.15, 0.2) is 6.10 Å². The van der Waals surface area contributed by atoms with Gasteiger partial charge in [0.1, 0.15) is 0 Å². The first-order valence-electron chi connectivity index (χ1n) is 7.08. The SMILES string of the molecule is COC(=O)C(O)c1ccccc1C1CCCCCC1. The summed E-state index contributed by atoms with van der Waals surface area (Å²) < 4.78 is 4.64. The molecule has 0 aliphatic heterocycles. The molecule has 1 aliphatic carbocycles. The van der Waals surface area contributed by atoms with Gasteiger partial charge in [-0.15, -0.1) is 0 Å². The van der Waals surface area contributed by atoms with Gasteiger partial charge in [-0.2, -0.15) is 0 Å². The molecule has 104 valence electrons. The molecule has 0 amide bonds. The van der Waals surface area contributed by atoms with Gasteiger partial charge in [0.05, 0.1) is 7.11 Å². The molecule has 1 aromatic carbocycles. The molecule has 1 aliphatic rings. The summed E-state index contributed by atoms with van der Waals surface area (Å²) in [5.74, 6) is -0.126. The maximum atomic E-state index is 11.5. The minimum Gasteiger partial charge on any atom is -0.467 e. The number of aliphatic hydroxyl groups excluding tert-OH is 1. The fourth-order valence-corrected chi connectivity index (χ4v) is 2.96. The standard InChI is InChI=1S/C16H22O3/c1-19-16(18)15(17)14-11-7-6-10-13(14)12-8-4-2-3-5-9-12/h6-7,10-12,15,17H,2-5,8-9H2,1H3. The van der Waals surface area contributed by atoms with Crippen molar-refractivity contribution in [1.82, 2.24) is 0 Å². The van der Waals surface area contributed by atoms with E-state index in [0.29, 0.717) is 11.5 Å². The van der Waals surface area contributed by atoms with Crippen molar-refractivity contribution >= 4 is 5.97 Å². The largest absolute Gasteiger partial charge is 0.467 e. The van der Waals surface area contributed by atoms with Crippen molar-refractivity contribution in [1.29, 1.82) is 0 Å². The van der Waals surface area contributed by atoms with E-state index in [1.54, 1.807) is 0 Å². The lowest BCUT2D eigenvalue weighted by Crippen LogP contribution is -2.16. The summed E-state index contributed by atoms with van der Waals surface area (Å²) in [6, 6.07) is 7.72. The number of hydrogen-bond acceptors (Lipinski definition) is 3. The van der Waals surface area contributed by atoms with E-state index in [4.69, 9.17) is 0 Å². The number of methoxy groups -OCH3 is 1. The normalized spacial score (nSPS) is 18.6. The molecule has 1 atom stereocenters. The van der Waals surface area contributed by atoms with E-state index in [1.165, 1.54) is 32.8 Å². The average Bonchev–Trinajstić information content (AvgIpc) is 2.74. The summed E-state index contributed by atoms with van der Waals surface area (Å²) in [5, 5.41) is 10.1. The fraction of sp³-hybridized carbons (Fsp3) is 0.562. The second-order valence-electron chi connectivity index (χ2n) is 5.24. The first-order valence-corrected chi connectivity index (χ1v) is 7.08. The van der Waals surface area contributed by atoms with Crippen LogP contribution in [0.25, 0.3) is 0 Å². The Morgan fingerprint density at radius 2 is 1.84 bits per heavy atom. The first kappa shape index (κ1) is 14.1. The van der Waals surface area contributed by atoms with Gasteiger partial charge in [0, 0.05) is 0 Å². The van der Waals surface area contributed by atoms with Crippen molar-refractivity contribution < 1.29 is 14.6 Å². The Labute approximate surface area is 114 Å². The van der Waals surface area contributed by atoms with Gasteiger partial charge >= 0.3 is 5.97 Å². The van der Waals surface area contributed by atoms with E-state index < -0.39 is 12.1 Å². The highest BCUT2D eigenvalue weighted by atomic mass is 16.5. The molecule has 1 unspecified atom stereocenters. The molecule has 0 heterocycles. The summed E-state index contributed by atoms with van der Waals surface area (Å²) >= 11 is 0. The van der Waals surface area contributed by atoms with Crippen LogP contribution in [-0.2, 0) is 9.53 Å². The molecule has 1 N–H and O–H groups in total. The van der Waals surface area contributed by atoms with Gasteiger partial charge in [-0.25, -0.2) is 4.79 Å². The highest BCUT2D eigenvalue weighted by molar-refractivity contribution is 5.76. The number of esters is 1. The molecule has 0 bridgehead atoms. The van der Waals surface area contributed by atoms with E-state index in [-0.39, 0.29) is 0 Å². The lowest BCUT2D eigenvalue weighted by molar-refractivity contribution is -0.150. The number of hydrogen-bond donors (Lipinski definition) is 1. The van der Waals surface area contributed by atoms with Crippen LogP contribution in [0.5, 0.6) is 0 Å². The van der Waals surface area contributed by atoms with Crippen molar-refractivity contribution in [2.24, 2.45) is 0 Å². The molecule has 1 fully saturated rings. The van der Waals surface area contributed by atoms with Crippen LogP contribution in [0.1, 0.15) is 61.7 Å². The Balaban J connectivity index is 2.26. The fourth-order valence-electron chi connectivity index (χ4n) is 2.96. The van der Waals surface area contributed by atoms with E-state index in [1.807, 2.05) is 24.3 Å². The predicted octanol–water partition coefficient (Wildman–Crippen LogP) is 3.33. The Hall–Kier alpha value is -1.35. The van der Waals surface area contributed by atoms with Crippen LogP contribution in [-0.4, -0.2) is 18.2 Å². The second-order valence-corrected chi connectivity index (χ2v) is 5.24. The lowest BCUT2D eigenvalue weighted by Gasteiger charge is -2.20. The number of carbonyl (C=O) groups is 1. The lowest BCUT2D eigenvalue weighted by atomic mass is 9.86. The minimum atomic E-state index is -1.16. The predicted molar refractivity (Wildman–Crippen MR) is 73.9 cm³/mol. The zero-order chi connectivity index (χ0) is 13.7. The van der Waals surface area contributed by atoms with Gasteiger partial charge in [0.2, 0.25) is 0 Å². The van der Waals surface area contributed by atoms with Crippen molar-refractivity contribution in [2.75, 3.05) is 7.11 Å². The Morgan fingerprint density at radius 3 is 2.47 bits per heavy atom. The summed E-state index contributed by atoms with van der Waals surface area (Å²) in [6.07, 6.45) is 6.16. The third-order valence-corrected chi connectivity index (χ3v) is 4.01. The molecule has 19 heavy (non-hydrogen) atoms. The molecule has 0 aromatic heterocycles. The number of benzene rings is 1. The van der Waals surface area contributed by atoms with Crippen LogP contribution in [0.4, 0.5) is 0 Å². The minimum absolute atomic E-state index is 0.456. The molecular formula is C16H22O3. The smallest absolute Gasteiger partial charge is 0.339 e. The van der Waals surface area contributed by atoms with Crippen molar-refractivity contribution in [2.45, 2.75) is 50.5 Å². The summed E-state index contributed by atoms with van der Waals surface area (Å²) in [5.41, 5.74) is 1.82. The molecule has 1 saturated carbocycles. The van der Waals surface area contributed by atoms with Crippen LogP contribution in [0.2, 0.25) is 0 Å². The van der Waals surface area contributed by atoms with E-state index in [2.05, 4.69) is 4.74 Å². The topological polar surface area (TPSA) is 46.5 Å². The molecule has 0 radical (unpaired) electrons. The molecule has 1 aromatic rings. The highest BCUT2D eigenvalue weighted by Gasteiger charge is 2.24. The van der Waals surface area contributed by atoms with Gasteiger partial charge in [-0.1, -0.05) is 49.9 Å². The summed E-state index contributed by atoms with van der Waals surface area (Å²) in [4.78, 5) is 11.5. The van der Waals surface area contributed by atoms with Crippen LogP contribution in [0.15, 0.2) is 24.3 Å². The second kappa shape index (κ2) is 6.71. The van der Waals surface area contributed by atoms with Gasteiger partial charge in [0.25, 0.3) is 0 Å². The number of ether oxygens (including phenoxy) is 1. The van der Waals surface area contributed by atoms with Crippen LogP contribution < -0.4 is 0 Å². The third-order valence-electron chi connectivity index (χ3n) is 4.01. The number of carbonyl (C=O) groups excluding carboxylic acids is 1. The third kappa shape index (κ3) is 3.35. The highest BCUT2D eigenvalue weighted by Crippen LogP contribution is 2.35. The summed E-state index contributed by atoms with van der Waals surface area (Å²) in [7, 11) is 1.31. The van der Waals surface area contributed by atoms with Crippen LogP contribution in [0, 0.1) is 0 Å². The van der Waals surface area contributed by atoms with E-state index in [0.717, 1.165) is 18.4 Å². The zero-order valence-electron chi connectivity index (χ0n) is 11.5. The Morgan fingerprint density at radius 1 is 1.21 bits per heavy atom. The number of aliphatic hydroxyl groups is 1. The molecule has 0 saturated heterocycles. The average molecular weight is 262 g/mol. The summed E-state index contributed by atoms with van der Waals surface area (Å²) in [6.45, 7) is 0. The molecular weight excluding hydrogens is 240 g/mol. The van der Waals surface area contributed by atoms with Crippen molar-refractivity contribution in [3.63, 3.8) is 0 Å². The zero-order valence-corrected chi connectivity index (χ0v) is 11.5. The van der Waals surface area contributed by atoms with E-state index >= 15 is 0 Å². The van der Waals surface area contributed by atoms with E-state index in [9.17, 15) is 9.90 Å². The monoisotopic (exact) mass is 262 g/mol. The van der Waals surface area contributed by atoms with Crippen LogP contribution in [0.3, 0.4) is 0 Å². The Bertz CT molecular complexity index is 420. The maximum Gasteiger partial charge on any atom is 0.339 e. The van der Waals surface area contributed by atoms with Crippen molar-refractivity contribution in [3.8, 4) is 0 Å². The molecule has 3 heteroatoms. The number of rotatable bonds is 3. The quantitative estimate of drug-likeness (QED) is 0.671. The molecule has 3 nitrogen and oxygen atoms in total. The Kier molecular flexibility index (Phi) is 4.97. The van der Waals surface area contributed by atoms with Crippen molar-refractivity contribution in [3.05, 3.63) is 35.4 Å². The van der Waals surface area contributed by atoms with Gasteiger partial charge in [-0.05, 0) is 29.9 Å².